The average Bonchev–Trinajstić information content (AvgIpc) is 3.09. The third-order valence-electron chi connectivity index (χ3n) is 4.11. The fraction of sp³-hybridized carbons (Fsp3) is 0.412. The number of methoxy groups -OCH3 is 2. The van der Waals surface area contributed by atoms with Gasteiger partial charge in [-0.1, -0.05) is 0 Å². The molecule has 8 nitrogen and oxygen atoms in total. The molecule has 0 spiro atoms. The molecule has 1 aromatic heterocycles. The van der Waals surface area contributed by atoms with Crippen LogP contribution in [0.4, 0.5) is 5.69 Å². The van der Waals surface area contributed by atoms with Crippen molar-refractivity contribution in [1.29, 1.82) is 0 Å². The number of nitrogens with zero attached hydrogens (tertiary/aromatic N) is 1. The molecule has 0 aliphatic carbocycles. The summed E-state index contributed by atoms with van der Waals surface area (Å²) < 4.78 is 10.5. The van der Waals surface area contributed by atoms with E-state index >= 15 is 0 Å². The summed E-state index contributed by atoms with van der Waals surface area (Å²) in [4.78, 5) is 12.3. The quantitative estimate of drug-likeness (QED) is 0.557. The number of H-pyrrole nitrogens is 1. The molecule has 1 aromatic carbocycles. The van der Waals surface area contributed by atoms with Crippen LogP contribution in [0.1, 0.15) is 21.7 Å². The number of carbonyl (C=O) groups excluding carboxylic acids is 1. The first-order valence-corrected chi connectivity index (χ1v) is 8.23. The number of benzene rings is 1. The zero-order valence-electron chi connectivity index (χ0n) is 14.4. The van der Waals surface area contributed by atoms with Gasteiger partial charge in [0.15, 0.2) is 5.69 Å². The summed E-state index contributed by atoms with van der Waals surface area (Å²) in [6, 6.07) is 5.56. The van der Waals surface area contributed by atoms with Crippen LogP contribution in [-0.4, -0.2) is 50.0 Å². The van der Waals surface area contributed by atoms with Crippen LogP contribution in [0.25, 0.3) is 0 Å². The predicted molar refractivity (Wildman–Crippen MR) is 94.4 cm³/mol. The Kier molecular flexibility index (Phi) is 5.39. The second-order valence-electron chi connectivity index (χ2n) is 5.74. The molecule has 1 aliphatic heterocycles. The topological polar surface area (TPSA) is 100 Å². The molecule has 0 bridgehead atoms. The predicted octanol–water partition coefficient (Wildman–Crippen LogP) is 0.915. The summed E-state index contributed by atoms with van der Waals surface area (Å²) >= 11 is 0. The van der Waals surface area contributed by atoms with E-state index < -0.39 is 0 Å². The monoisotopic (exact) mass is 345 g/mol. The Hall–Kier alpha value is -2.74. The lowest BCUT2D eigenvalue weighted by Gasteiger charge is -2.13. The second-order valence-corrected chi connectivity index (χ2v) is 5.74. The van der Waals surface area contributed by atoms with Gasteiger partial charge in [-0.05, 0) is 0 Å². The zero-order chi connectivity index (χ0) is 17.6. The number of aromatic amines is 1. The van der Waals surface area contributed by atoms with E-state index in [1.165, 1.54) is 0 Å². The highest BCUT2D eigenvalue weighted by Crippen LogP contribution is 2.25. The molecule has 1 amide bonds. The van der Waals surface area contributed by atoms with E-state index in [0.717, 1.165) is 29.9 Å². The summed E-state index contributed by atoms with van der Waals surface area (Å²) in [6.45, 7) is 2.64. The van der Waals surface area contributed by atoms with Crippen molar-refractivity contribution >= 4 is 11.6 Å². The molecular formula is C17H23N5O3. The van der Waals surface area contributed by atoms with Crippen molar-refractivity contribution in [3.63, 3.8) is 0 Å². The third kappa shape index (κ3) is 4.03. The molecule has 134 valence electrons. The number of hydrogen-bond acceptors (Lipinski definition) is 6. The van der Waals surface area contributed by atoms with Crippen LogP contribution < -0.4 is 25.4 Å². The highest BCUT2D eigenvalue weighted by atomic mass is 16.5. The van der Waals surface area contributed by atoms with E-state index in [4.69, 9.17) is 9.47 Å². The summed E-state index contributed by atoms with van der Waals surface area (Å²) in [5.41, 5.74) is 3.36. The normalized spacial score (nSPS) is 13.0. The number of carbonyl (C=O) groups is 1. The Balaban J connectivity index is 1.52. The van der Waals surface area contributed by atoms with E-state index in [1.54, 1.807) is 14.2 Å². The molecule has 2 heterocycles. The summed E-state index contributed by atoms with van der Waals surface area (Å²) in [6.07, 6.45) is 0.870. The fourth-order valence-corrected chi connectivity index (χ4v) is 2.79. The summed E-state index contributed by atoms with van der Waals surface area (Å²) in [5.74, 6) is 1.26. The molecule has 0 saturated carbocycles. The molecule has 0 atom stereocenters. The van der Waals surface area contributed by atoms with Crippen molar-refractivity contribution in [3.8, 4) is 11.5 Å². The maximum absolute atomic E-state index is 12.3. The number of anilines is 1. The Morgan fingerprint density at radius 3 is 2.68 bits per heavy atom. The molecule has 3 rings (SSSR count). The standard InChI is InChI=1S/C17H23N5O3/c1-24-12-7-11(8-13(9-12)25-2)19-5-6-20-17(23)16-14-10-18-4-3-15(14)21-22-16/h7-9,18-19H,3-6,10H2,1-2H3,(H,20,23)(H,21,22). The van der Waals surface area contributed by atoms with Gasteiger partial charge >= 0.3 is 0 Å². The van der Waals surface area contributed by atoms with Crippen LogP contribution >= 0.6 is 0 Å². The van der Waals surface area contributed by atoms with Gasteiger partial charge in [0.25, 0.3) is 5.91 Å². The smallest absolute Gasteiger partial charge is 0.272 e. The van der Waals surface area contributed by atoms with Crippen LogP contribution in [0.5, 0.6) is 11.5 Å². The van der Waals surface area contributed by atoms with Gasteiger partial charge < -0.3 is 25.4 Å². The molecule has 0 fully saturated rings. The number of nitrogens with one attached hydrogen (secondary N) is 4. The van der Waals surface area contributed by atoms with Crippen molar-refractivity contribution in [3.05, 3.63) is 35.2 Å². The van der Waals surface area contributed by atoms with E-state index in [2.05, 4.69) is 26.1 Å². The minimum atomic E-state index is -0.161. The number of hydrogen-bond donors (Lipinski definition) is 4. The SMILES string of the molecule is COc1cc(NCCNC(=O)c2n[nH]c3c2CNCC3)cc(OC)c1. The van der Waals surface area contributed by atoms with Crippen molar-refractivity contribution in [2.45, 2.75) is 13.0 Å². The lowest BCUT2D eigenvalue weighted by atomic mass is 10.1. The van der Waals surface area contributed by atoms with Crippen LogP contribution in [0.15, 0.2) is 18.2 Å². The van der Waals surface area contributed by atoms with Crippen molar-refractivity contribution in [2.24, 2.45) is 0 Å². The molecule has 0 unspecified atom stereocenters. The maximum atomic E-state index is 12.3. The van der Waals surface area contributed by atoms with E-state index in [0.29, 0.717) is 36.8 Å². The Morgan fingerprint density at radius 2 is 1.96 bits per heavy atom. The van der Waals surface area contributed by atoms with Gasteiger partial charge in [-0.2, -0.15) is 5.10 Å². The van der Waals surface area contributed by atoms with Crippen LogP contribution in [0.2, 0.25) is 0 Å². The lowest BCUT2D eigenvalue weighted by Crippen LogP contribution is -2.31. The van der Waals surface area contributed by atoms with Gasteiger partial charge in [-0.25, -0.2) is 0 Å². The van der Waals surface area contributed by atoms with E-state index in [9.17, 15) is 4.79 Å². The minimum absolute atomic E-state index is 0.161. The number of amides is 1. The molecule has 2 aromatic rings. The van der Waals surface area contributed by atoms with Gasteiger partial charge in [0, 0.05) is 67.7 Å². The Morgan fingerprint density at radius 1 is 1.20 bits per heavy atom. The zero-order valence-corrected chi connectivity index (χ0v) is 14.4. The molecule has 1 aliphatic rings. The number of rotatable bonds is 7. The number of ether oxygens (including phenoxy) is 2. The van der Waals surface area contributed by atoms with Crippen LogP contribution in [-0.2, 0) is 13.0 Å². The first-order valence-electron chi connectivity index (χ1n) is 8.23. The van der Waals surface area contributed by atoms with Crippen molar-refractivity contribution in [2.75, 3.05) is 39.2 Å². The molecule has 25 heavy (non-hydrogen) atoms. The number of aromatic nitrogens is 2. The van der Waals surface area contributed by atoms with Gasteiger partial charge in [0.2, 0.25) is 0 Å². The van der Waals surface area contributed by atoms with E-state index in [1.807, 2.05) is 18.2 Å². The Bertz CT molecular complexity index is 722. The van der Waals surface area contributed by atoms with E-state index in [-0.39, 0.29) is 5.91 Å². The average molecular weight is 345 g/mol. The van der Waals surface area contributed by atoms with Crippen molar-refractivity contribution < 1.29 is 14.3 Å². The van der Waals surface area contributed by atoms with Crippen LogP contribution in [0.3, 0.4) is 0 Å². The Labute approximate surface area is 146 Å². The summed E-state index contributed by atoms with van der Waals surface area (Å²) in [7, 11) is 3.22. The lowest BCUT2D eigenvalue weighted by molar-refractivity contribution is 0.0949. The van der Waals surface area contributed by atoms with Gasteiger partial charge in [-0.3, -0.25) is 9.89 Å². The maximum Gasteiger partial charge on any atom is 0.272 e. The molecule has 0 saturated heterocycles. The highest BCUT2D eigenvalue weighted by Gasteiger charge is 2.21. The fourth-order valence-electron chi connectivity index (χ4n) is 2.79. The summed E-state index contributed by atoms with van der Waals surface area (Å²) in [5, 5.41) is 16.5. The highest BCUT2D eigenvalue weighted by molar-refractivity contribution is 5.94. The molecule has 0 radical (unpaired) electrons. The van der Waals surface area contributed by atoms with Gasteiger partial charge in [0.1, 0.15) is 11.5 Å². The molecule has 8 heteroatoms. The molecular weight excluding hydrogens is 322 g/mol. The van der Waals surface area contributed by atoms with Crippen molar-refractivity contribution in [1.82, 2.24) is 20.8 Å². The second kappa shape index (κ2) is 7.89. The minimum Gasteiger partial charge on any atom is -0.497 e. The van der Waals surface area contributed by atoms with Crippen LogP contribution in [0, 0.1) is 0 Å². The largest absolute Gasteiger partial charge is 0.497 e. The van der Waals surface area contributed by atoms with Gasteiger partial charge in [-0.15, -0.1) is 0 Å². The third-order valence-corrected chi connectivity index (χ3v) is 4.11. The van der Waals surface area contributed by atoms with Gasteiger partial charge in [0.05, 0.1) is 14.2 Å². The first-order chi connectivity index (χ1) is 12.2. The number of fused-ring (bicyclic) bond motifs is 1. The molecule has 4 N–H and O–H groups in total. The first kappa shape index (κ1) is 17.1.